The average molecular weight is 247 g/mol. The highest BCUT2D eigenvalue weighted by molar-refractivity contribution is 5.18. The van der Waals surface area contributed by atoms with E-state index in [1.807, 2.05) is 12.3 Å². The number of nitrogens with zero attached hydrogens (tertiary/aromatic N) is 1. The molecule has 2 heteroatoms. The average Bonchev–Trinajstić information content (AvgIpc) is 2.36. The molecule has 1 aromatic heterocycles. The molecule has 1 aliphatic carbocycles. The fraction of sp³-hybridized carbons (Fsp3) is 0.688. The SMILES string of the molecule is CCCC1CCC(O)C(Cc2ncccc2C)C1. The quantitative estimate of drug-likeness (QED) is 0.883. The van der Waals surface area contributed by atoms with E-state index < -0.39 is 0 Å². The van der Waals surface area contributed by atoms with Crippen LogP contribution in [-0.4, -0.2) is 16.2 Å². The maximum Gasteiger partial charge on any atom is 0.0572 e. The molecular formula is C16H25NO. The molecule has 1 aliphatic rings. The molecule has 2 rings (SSSR count). The van der Waals surface area contributed by atoms with Gasteiger partial charge in [-0.05, 0) is 56.1 Å². The Kier molecular flexibility index (Phi) is 4.76. The summed E-state index contributed by atoms with van der Waals surface area (Å²) in [5.41, 5.74) is 2.42. The third kappa shape index (κ3) is 3.32. The van der Waals surface area contributed by atoms with Gasteiger partial charge in [0.05, 0.1) is 6.10 Å². The lowest BCUT2D eigenvalue weighted by Gasteiger charge is -2.33. The van der Waals surface area contributed by atoms with E-state index in [0.717, 1.165) is 18.8 Å². The molecule has 100 valence electrons. The largest absolute Gasteiger partial charge is 0.393 e. The van der Waals surface area contributed by atoms with Crippen LogP contribution in [0, 0.1) is 18.8 Å². The molecule has 18 heavy (non-hydrogen) atoms. The number of rotatable bonds is 4. The minimum Gasteiger partial charge on any atom is -0.393 e. The Hall–Kier alpha value is -0.890. The van der Waals surface area contributed by atoms with Crippen molar-refractivity contribution in [3.8, 4) is 0 Å². The maximum absolute atomic E-state index is 10.2. The molecule has 0 amide bonds. The van der Waals surface area contributed by atoms with Crippen LogP contribution in [-0.2, 0) is 6.42 Å². The second kappa shape index (κ2) is 6.33. The minimum atomic E-state index is -0.125. The second-order valence-electron chi connectivity index (χ2n) is 5.77. The molecule has 1 fully saturated rings. The lowest BCUT2D eigenvalue weighted by Crippen LogP contribution is -2.31. The van der Waals surface area contributed by atoms with Crippen LogP contribution in [0.25, 0.3) is 0 Å². The van der Waals surface area contributed by atoms with Crippen LogP contribution >= 0.6 is 0 Å². The fourth-order valence-electron chi connectivity index (χ4n) is 3.22. The molecule has 3 unspecified atom stereocenters. The number of aromatic nitrogens is 1. The monoisotopic (exact) mass is 247 g/mol. The molecule has 0 bridgehead atoms. The molecule has 1 aromatic rings. The van der Waals surface area contributed by atoms with Gasteiger partial charge in [-0.25, -0.2) is 0 Å². The number of pyridine rings is 1. The zero-order valence-corrected chi connectivity index (χ0v) is 11.6. The number of aliphatic hydroxyl groups excluding tert-OH is 1. The Bertz CT molecular complexity index is 377. The lowest BCUT2D eigenvalue weighted by atomic mass is 9.75. The van der Waals surface area contributed by atoms with Gasteiger partial charge in [-0.15, -0.1) is 0 Å². The summed E-state index contributed by atoms with van der Waals surface area (Å²) in [4.78, 5) is 4.47. The van der Waals surface area contributed by atoms with Crippen LogP contribution in [0.1, 0.15) is 50.3 Å². The summed E-state index contributed by atoms with van der Waals surface area (Å²) < 4.78 is 0. The van der Waals surface area contributed by atoms with Crippen LogP contribution in [0.2, 0.25) is 0 Å². The summed E-state index contributed by atoms with van der Waals surface area (Å²) in [5.74, 6) is 1.22. The van der Waals surface area contributed by atoms with Gasteiger partial charge in [0, 0.05) is 11.9 Å². The third-order valence-electron chi connectivity index (χ3n) is 4.32. The summed E-state index contributed by atoms with van der Waals surface area (Å²) in [6.45, 7) is 4.37. The number of hydrogen-bond acceptors (Lipinski definition) is 2. The molecule has 3 atom stereocenters. The van der Waals surface area contributed by atoms with E-state index in [1.165, 1.54) is 36.9 Å². The van der Waals surface area contributed by atoms with Crippen molar-refractivity contribution >= 4 is 0 Å². The molecule has 0 saturated heterocycles. The van der Waals surface area contributed by atoms with Gasteiger partial charge in [0.15, 0.2) is 0 Å². The smallest absolute Gasteiger partial charge is 0.0572 e. The first kappa shape index (κ1) is 13.5. The van der Waals surface area contributed by atoms with Crippen molar-refractivity contribution in [2.45, 2.75) is 58.5 Å². The Balaban J connectivity index is 2.00. The predicted octanol–water partition coefficient (Wildman–Crippen LogP) is 3.51. The molecule has 1 saturated carbocycles. The van der Waals surface area contributed by atoms with Gasteiger partial charge in [0.25, 0.3) is 0 Å². The first-order valence-electron chi connectivity index (χ1n) is 7.29. The van der Waals surface area contributed by atoms with Crippen LogP contribution in [0.15, 0.2) is 18.3 Å². The summed E-state index contributed by atoms with van der Waals surface area (Å²) >= 11 is 0. The van der Waals surface area contributed by atoms with Crippen molar-refractivity contribution in [2.75, 3.05) is 0 Å². The summed E-state index contributed by atoms with van der Waals surface area (Å²) in [5, 5.41) is 10.2. The van der Waals surface area contributed by atoms with Crippen molar-refractivity contribution in [2.24, 2.45) is 11.8 Å². The first-order chi connectivity index (χ1) is 8.70. The van der Waals surface area contributed by atoms with Gasteiger partial charge in [-0.2, -0.15) is 0 Å². The highest BCUT2D eigenvalue weighted by atomic mass is 16.3. The van der Waals surface area contributed by atoms with Crippen LogP contribution in [0.5, 0.6) is 0 Å². The third-order valence-corrected chi connectivity index (χ3v) is 4.32. The summed E-state index contributed by atoms with van der Waals surface area (Å²) in [6, 6.07) is 4.09. The molecule has 0 aromatic carbocycles. The van der Waals surface area contributed by atoms with Crippen molar-refractivity contribution in [3.05, 3.63) is 29.6 Å². The van der Waals surface area contributed by atoms with E-state index in [4.69, 9.17) is 0 Å². The van der Waals surface area contributed by atoms with E-state index in [-0.39, 0.29) is 6.10 Å². The first-order valence-corrected chi connectivity index (χ1v) is 7.29. The molecule has 0 aliphatic heterocycles. The van der Waals surface area contributed by atoms with E-state index in [2.05, 4.69) is 24.9 Å². The van der Waals surface area contributed by atoms with Gasteiger partial charge >= 0.3 is 0 Å². The molecule has 1 N–H and O–H groups in total. The zero-order chi connectivity index (χ0) is 13.0. The van der Waals surface area contributed by atoms with E-state index in [0.29, 0.717) is 5.92 Å². The van der Waals surface area contributed by atoms with Crippen LogP contribution in [0.4, 0.5) is 0 Å². The Morgan fingerprint density at radius 1 is 1.39 bits per heavy atom. The normalized spacial score (nSPS) is 28.3. The van der Waals surface area contributed by atoms with Gasteiger partial charge in [-0.1, -0.05) is 25.8 Å². The topological polar surface area (TPSA) is 33.1 Å². The van der Waals surface area contributed by atoms with Crippen molar-refractivity contribution < 1.29 is 5.11 Å². The van der Waals surface area contributed by atoms with Crippen LogP contribution in [0.3, 0.4) is 0 Å². The number of aryl methyl sites for hydroxylation is 1. The van der Waals surface area contributed by atoms with Gasteiger partial charge in [0.1, 0.15) is 0 Å². The molecular weight excluding hydrogens is 222 g/mol. The minimum absolute atomic E-state index is 0.125. The molecule has 2 nitrogen and oxygen atoms in total. The Labute approximate surface area is 110 Å². The van der Waals surface area contributed by atoms with Gasteiger partial charge in [0.2, 0.25) is 0 Å². The van der Waals surface area contributed by atoms with Crippen molar-refractivity contribution in [3.63, 3.8) is 0 Å². The Morgan fingerprint density at radius 3 is 2.94 bits per heavy atom. The summed E-state index contributed by atoms with van der Waals surface area (Å²) in [7, 11) is 0. The lowest BCUT2D eigenvalue weighted by molar-refractivity contribution is 0.0457. The Morgan fingerprint density at radius 2 is 2.22 bits per heavy atom. The predicted molar refractivity (Wildman–Crippen MR) is 74.4 cm³/mol. The van der Waals surface area contributed by atoms with Crippen LogP contribution < -0.4 is 0 Å². The van der Waals surface area contributed by atoms with Gasteiger partial charge < -0.3 is 5.11 Å². The van der Waals surface area contributed by atoms with E-state index >= 15 is 0 Å². The standard InChI is InChI=1S/C16H25NO/c1-3-5-13-7-8-16(18)14(10-13)11-15-12(2)6-4-9-17-15/h4,6,9,13-14,16,18H,3,5,7-8,10-11H2,1-2H3. The van der Waals surface area contributed by atoms with E-state index in [9.17, 15) is 5.11 Å². The van der Waals surface area contributed by atoms with Gasteiger partial charge in [-0.3, -0.25) is 4.98 Å². The maximum atomic E-state index is 10.2. The zero-order valence-electron chi connectivity index (χ0n) is 11.6. The molecule has 0 radical (unpaired) electrons. The number of hydrogen-bond donors (Lipinski definition) is 1. The number of aliphatic hydroxyl groups is 1. The highest BCUT2D eigenvalue weighted by Gasteiger charge is 2.29. The molecule has 1 heterocycles. The van der Waals surface area contributed by atoms with E-state index in [1.54, 1.807) is 0 Å². The van der Waals surface area contributed by atoms with Crippen molar-refractivity contribution in [1.29, 1.82) is 0 Å². The highest BCUT2D eigenvalue weighted by Crippen LogP contribution is 2.34. The molecule has 0 spiro atoms. The fourth-order valence-corrected chi connectivity index (χ4v) is 3.22. The van der Waals surface area contributed by atoms with Crippen molar-refractivity contribution in [1.82, 2.24) is 4.98 Å². The summed E-state index contributed by atoms with van der Waals surface area (Å²) in [6.07, 6.45) is 8.59. The second-order valence-corrected chi connectivity index (χ2v) is 5.77.